The molecule has 4 nitrogen and oxygen atoms in total. The highest BCUT2D eigenvalue weighted by atomic mass is 16.5. The van der Waals surface area contributed by atoms with Crippen LogP contribution in [0.1, 0.15) is 46.7 Å². The lowest BCUT2D eigenvalue weighted by molar-refractivity contribution is 0.0657. The summed E-state index contributed by atoms with van der Waals surface area (Å²) in [5.41, 5.74) is 4.85. The lowest BCUT2D eigenvalue weighted by atomic mass is 10.1. The fraction of sp³-hybridized carbons (Fsp3) is 0.318. The van der Waals surface area contributed by atoms with Gasteiger partial charge in [-0.2, -0.15) is 0 Å². The molecule has 0 spiro atoms. The van der Waals surface area contributed by atoms with Crippen LogP contribution in [-0.4, -0.2) is 12.0 Å². The molecule has 1 aromatic heterocycles. The van der Waals surface area contributed by atoms with Gasteiger partial charge in [-0.1, -0.05) is 42.5 Å². The second kappa shape index (κ2) is 7.75. The number of carbonyl (C=O) groups is 1. The number of amides is 1. The third-order valence-electron chi connectivity index (χ3n) is 4.43. The van der Waals surface area contributed by atoms with Gasteiger partial charge in [0.1, 0.15) is 5.58 Å². The Morgan fingerprint density at radius 1 is 1.08 bits per heavy atom. The highest BCUT2D eigenvalue weighted by molar-refractivity contribution is 5.99. The van der Waals surface area contributed by atoms with E-state index in [1.54, 1.807) is 0 Å². The zero-order valence-electron chi connectivity index (χ0n) is 15.8. The van der Waals surface area contributed by atoms with Crippen molar-refractivity contribution in [1.29, 1.82) is 0 Å². The standard InChI is InChI=1S/C22H25NO3/c1-14(2)25-13-18-10-8-17(9-11-18)12-23-22(24)21-16(4)19-7-5-6-15(3)20(19)26-21/h5-11,14H,12-13H2,1-4H3,(H,23,24). The average Bonchev–Trinajstić information content (AvgIpc) is 2.97. The molecule has 0 aliphatic rings. The van der Waals surface area contributed by atoms with Crippen LogP contribution in [0.3, 0.4) is 0 Å². The smallest absolute Gasteiger partial charge is 0.287 e. The summed E-state index contributed by atoms with van der Waals surface area (Å²) in [6, 6.07) is 14.0. The predicted molar refractivity (Wildman–Crippen MR) is 103 cm³/mol. The van der Waals surface area contributed by atoms with E-state index in [4.69, 9.17) is 9.15 Å². The normalized spacial score (nSPS) is 11.3. The van der Waals surface area contributed by atoms with E-state index < -0.39 is 0 Å². The van der Waals surface area contributed by atoms with Crippen LogP contribution in [0, 0.1) is 13.8 Å². The van der Waals surface area contributed by atoms with Crippen LogP contribution >= 0.6 is 0 Å². The molecule has 3 rings (SSSR count). The molecule has 3 aromatic rings. The summed E-state index contributed by atoms with van der Waals surface area (Å²) in [5, 5.41) is 3.93. The van der Waals surface area contributed by atoms with E-state index in [1.165, 1.54) is 0 Å². The van der Waals surface area contributed by atoms with E-state index in [2.05, 4.69) is 5.32 Å². The maximum atomic E-state index is 12.5. The number of para-hydroxylation sites is 1. The highest BCUT2D eigenvalue weighted by Gasteiger charge is 2.18. The van der Waals surface area contributed by atoms with Crippen LogP contribution < -0.4 is 5.32 Å². The molecule has 0 atom stereocenters. The third-order valence-corrected chi connectivity index (χ3v) is 4.43. The monoisotopic (exact) mass is 351 g/mol. The molecule has 0 radical (unpaired) electrons. The second-order valence-corrected chi connectivity index (χ2v) is 6.87. The van der Waals surface area contributed by atoms with Gasteiger partial charge in [-0.05, 0) is 44.4 Å². The van der Waals surface area contributed by atoms with E-state index in [-0.39, 0.29) is 12.0 Å². The minimum absolute atomic E-state index is 0.190. The topological polar surface area (TPSA) is 51.5 Å². The van der Waals surface area contributed by atoms with Gasteiger partial charge in [-0.15, -0.1) is 0 Å². The molecule has 1 N–H and O–H groups in total. The van der Waals surface area contributed by atoms with Crippen molar-refractivity contribution in [1.82, 2.24) is 5.32 Å². The van der Waals surface area contributed by atoms with Crippen molar-refractivity contribution >= 4 is 16.9 Å². The lowest BCUT2D eigenvalue weighted by Crippen LogP contribution is -2.22. The molecule has 1 heterocycles. The number of hydrogen-bond acceptors (Lipinski definition) is 3. The van der Waals surface area contributed by atoms with Crippen LogP contribution in [0.25, 0.3) is 11.0 Å². The molecular formula is C22H25NO3. The Hall–Kier alpha value is -2.59. The maximum Gasteiger partial charge on any atom is 0.287 e. The summed E-state index contributed by atoms with van der Waals surface area (Å²) >= 11 is 0. The maximum absolute atomic E-state index is 12.5. The molecule has 0 bridgehead atoms. The van der Waals surface area contributed by atoms with Gasteiger partial charge in [0, 0.05) is 17.5 Å². The highest BCUT2D eigenvalue weighted by Crippen LogP contribution is 2.27. The number of fused-ring (bicyclic) bond motifs is 1. The molecule has 0 unspecified atom stereocenters. The van der Waals surface area contributed by atoms with Crippen molar-refractivity contribution < 1.29 is 13.9 Å². The first-order chi connectivity index (χ1) is 12.5. The zero-order chi connectivity index (χ0) is 18.7. The minimum atomic E-state index is -0.190. The predicted octanol–water partition coefficient (Wildman–Crippen LogP) is 4.90. The van der Waals surface area contributed by atoms with Crippen molar-refractivity contribution in [2.24, 2.45) is 0 Å². The van der Waals surface area contributed by atoms with Gasteiger partial charge >= 0.3 is 0 Å². The fourth-order valence-corrected chi connectivity index (χ4v) is 2.88. The number of carbonyl (C=O) groups excluding carboxylic acids is 1. The van der Waals surface area contributed by atoms with Crippen LogP contribution in [0.2, 0.25) is 0 Å². The van der Waals surface area contributed by atoms with E-state index in [1.807, 2.05) is 70.2 Å². The number of rotatable bonds is 6. The van der Waals surface area contributed by atoms with E-state index in [0.29, 0.717) is 18.9 Å². The van der Waals surface area contributed by atoms with Crippen LogP contribution in [0.4, 0.5) is 0 Å². The summed E-state index contributed by atoms with van der Waals surface area (Å²) < 4.78 is 11.4. The largest absolute Gasteiger partial charge is 0.450 e. The molecule has 0 saturated heterocycles. The molecule has 2 aromatic carbocycles. The first-order valence-electron chi connectivity index (χ1n) is 8.92. The molecule has 1 amide bonds. The molecule has 136 valence electrons. The van der Waals surface area contributed by atoms with Gasteiger partial charge in [0.2, 0.25) is 0 Å². The van der Waals surface area contributed by atoms with Crippen LogP contribution in [0.5, 0.6) is 0 Å². The van der Waals surface area contributed by atoms with Crippen LogP contribution in [0.15, 0.2) is 46.9 Å². The number of furan rings is 1. The number of benzene rings is 2. The third kappa shape index (κ3) is 3.97. The molecule has 0 saturated carbocycles. The van der Waals surface area contributed by atoms with Gasteiger partial charge in [-0.3, -0.25) is 4.79 Å². The van der Waals surface area contributed by atoms with Crippen molar-refractivity contribution in [3.63, 3.8) is 0 Å². The molecule has 0 aliphatic heterocycles. The molecule has 0 aliphatic carbocycles. The van der Waals surface area contributed by atoms with Crippen molar-refractivity contribution in [2.45, 2.75) is 47.0 Å². The minimum Gasteiger partial charge on any atom is -0.450 e. The number of aryl methyl sites for hydroxylation is 2. The molecule has 4 heteroatoms. The van der Waals surface area contributed by atoms with Gasteiger partial charge in [0.25, 0.3) is 5.91 Å². The Labute approximate surface area is 154 Å². The van der Waals surface area contributed by atoms with Gasteiger partial charge < -0.3 is 14.5 Å². The number of hydrogen-bond donors (Lipinski definition) is 1. The summed E-state index contributed by atoms with van der Waals surface area (Å²) in [6.45, 7) is 9.00. The molecule has 26 heavy (non-hydrogen) atoms. The second-order valence-electron chi connectivity index (χ2n) is 6.87. The SMILES string of the molecule is Cc1c(C(=O)NCc2ccc(COC(C)C)cc2)oc2c(C)cccc12. The van der Waals surface area contributed by atoms with Crippen molar-refractivity contribution in [2.75, 3.05) is 0 Å². The zero-order valence-corrected chi connectivity index (χ0v) is 15.8. The molecular weight excluding hydrogens is 326 g/mol. The summed E-state index contributed by atoms with van der Waals surface area (Å²) in [4.78, 5) is 12.5. The van der Waals surface area contributed by atoms with Gasteiger partial charge in [0.15, 0.2) is 5.76 Å². The van der Waals surface area contributed by atoms with Crippen molar-refractivity contribution in [3.8, 4) is 0 Å². The Kier molecular flexibility index (Phi) is 5.43. The van der Waals surface area contributed by atoms with E-state index >= 15 is 0 Å². The Morgan fingerprint density at radius 2 is 1.77 bits per heavy atom. The van der Waals surface area contributed by atoms with E-state index in [0.717, 1.165) is 33.2 Å². The number of ether oxygens (including phenoxy) is 1. The molecule has 0 fully saturated rings. The first-order valence-corrected chi connectivity index (χ1v) is 8.92. The fourth-order valence-electron chi connectivity index (χ4n) is 2.88. The van der Waals surface area contributed by atoms with Crippen molar-refractivity contribution in [3.05, 3.63) is 70.5 Å². The summed E-state index contributed by atoms with van der Waals surface area (Å²) in [6.07, 6.45) is 0.213. The first kappa shape index (κ1) is 18.2. The summed E-state index contributed by atoms with van der Waals surface area (Å²) in [5.74, 6) is 0.196. The van der Waals surface area contributed by atoms with Gasteiger partial charge in [-0.25, -0.2) is 0 Å². The quantitative estimate of drug-likeness (QED) is 0.687. The van der Waals surface area contributed by atoms with E-state index in [9.17, 15) is 4.79 Å². The Bertz CT molecular complexity index is 907. The Morgan fingerprint density at radius 3 is 2.42 bits per heavy atom. The Balaban J connectivity index is 1.66. The number of nitrogens with one attached hydrogen (secondary N) is 1. The summed E-state index contributed by atoms with van der Waals surface area (Å²) in [7, 11) is 0. The lowest BCUT2D eigenvalue weighted by Gasteiger charge is -2.08. The average molecular weight is 351 g/mol. The van der Waals surface area contributed by atoms with Crippen LogP contribution in [-0.2, 0) is 17.9 Å². The van der Waals surface area contributed by atoms with Gasteiger partial charge in [0.05, 0.1) is 12.7 Å².